The predicted molar refractivity (Wildman–Crippen MR) is 112 cm³/mol. The van der Waals surface area contributed by atoms with E-state index in [2.05, 4.69) is 14.7 Å². The number of hydrogen-bond donors (Lipinski definition) is 1. The first-order valence-electron chi connectivity index (χ1n) is 8.52. The molecule has 0 unspecified atom stereocenters. The van der Waals surface area contributed by atoms with Crippen molar-refractivity contribution in [2.75, 3.05) is 18.7 Å². The molecule has 0 bridgehead atoms. The maximum atomic E-state index is 12.5. The van der Waals surface area contributed by atoms with Gasteiger partial charge in [0.1, 0.15) is 17.4 Å². The monoisotopic (exact) mass is 443 g/mol. The van der Waals surface area contributed by atoms with Crippen molar-refractivity contribution in [3.05, 3.63) is 53.4 Å². The van der Waals surface area contributed by atoms with Gasteiger partial charge in [-0.15, -0.1) is 0 Å². The third-order valence-corrected chi connectivity index (χ3v) is 5.58. The number of amides is 1. The summed E-state index contributed by atoms with van der Waals surface area (Å²) in [4.78, 5) is 16.3. The molecule has 3 rings (SSSR count). The van der Waals surface area contributed by atoms with Gasteiger partial charge in [0.25, 0.3) is 11.1 Å². The van der Waals surface area contributed by atoms with E-state index in [4.69, 9.17) is 4.74 Å². The maximum absolute atomic E-state index is 12.5. The number of carbonyl (C=O) groups is 1. The first kappa shape index (κ1) is 21.2. The number of aryl methyl sites for hydroxylation is 1. The summed E-state index contributed by atoms with van der Waals surface area (Å²) in [5.74, 6) is -0.0887. The second kappa shape index (κ2) is 8.48. The number of methoxy groups -OCH3 is 1. The lowest BCUT2D eigenvalue weighted by atomic mass is 10.2. The number of aromatic nitrogens is 3. The van der Waals surface area contributed by atoms with E-state index in [1.807, 2.05) is 31.2 Å². The van der Waals surface area contributed by atoms with Crippen LogP contribution >= 0.6 is 11.5 Å². The summed E-state index contributed by atoms with van der Waals surface area (Å²) >= 11 is 0.717. The van der Waals surface area contributed by atoms with Crippen molar-refractivity contribution in [1.82, 2.24) is 13.9 Å². The van der Waals surface area contributed by atoms with Crippen LogP contribution in [0.15, 0.2) is 47.3 Å². The van der Waals surface area contributed by atoms with Crippen molar-refractivity contribution in [3.8, 4) is 17.5 Å². The molecule has 3 aromatic rings. The second-order valence-corrected chi connectivity index (χ2v) is 8.92. The summed E-state index contributed by atoms with van der Waals surface area (Å²) in [6, 6.07) is 11.1. The number of carbonyl (C=O) groups excluding carboxylic acids is 1. The van der Waals surface area contributed by atoms with Crippen LogP contribution in [0.1, 0.15) is 11.3 Å². The van der Waals surface area contributed by atoms with E-state index in [9.17, 15) is 18.5 Å². The molecule has 0 radical (unpaired) electrons. The number of nitrogens with zero attached hydrogens (tertiary/aromatic N) is 4. The van der Waals surface area contributed by atoms with Gasteiger partial charge < -0.3 is 9.30 Å². The number of rotatable bonds is 6. The van der Waals surface area contributed by atoms with Crippen molar-refractivity contribution >= 4 is 38.5 Å². The molecule has 1 N–H and O–H groups in total. The predicted octanol–water partition coefficient (Wildman–Crippen LogP) is 2.60. The highest BCUT2D eigenvalue weighted by molar-refractivity contribution is 7.90. The Kier molecular flexibility index (Phi) is 6.00. The van der Waals surface area contributed by atoms with Crippen LogP contribution in [0.4, 0.5) is 5.13 Å². The fourth-order valence-electron chi connectivity index (χ4n) is 2.59. The van der Waals surface area contributed by atoms with E-state index in [0.717, 1.165) is 17.5 Å². The van der Waals surface area contributed by atoms with Gasteiger partial charge in [-0.05, 0) is 42.8 Å². The quantitative estimate of drug-likeness (QED) is 0.458. The summed E-state index contributed by atoms with van der Waals surface area (Å²) in [7, 11) is -2.03. The summed E-state index contributed by atoms with van der Waals surface area (Å²) in [5, 5.41) is 11.5. The van der Waals surface area contributed by atoms with E-state index in [1.165, 1.54) is 6.08 Å². The maximum Gasteiger partial charge on any atom is 0.268 e. The Balaban J connectivity index is 1.92. The number of anilines is 1. The number of benzene rings is 1. The van der Waals surface area contributed by atoms with Crippen LogP contribution in [0, 0.1) is 18.3 Å². The fourth-order valence-corrected chi connectivity index (χ4v) is 4.03. The van der Waals surface area contributed by atoms with Gasteiger partial charge in [0.2, 0.25) is 15.0 Å². The van der Waals surface area contributed by atoms with E-state index in [1.54, 1.807) is 30.0 Å². The number of ether oxygens (including phenoxy) is 1. The Hall–Kier alpha value is -3.49. The molecule has 0 saturated heterocycles. The number of hydrogen-bond acceptors (Lipinski definition) is 8. The van der Waals surface area contributed by atoms with Crippen molar-refractivity contribution in [1.29, 1.82) is 5.26 Å². The van der Waals surface area contributed by atoms with Gasteiger partial charge in [-0.3, -0.25) is 10.1 Å². The Morgan fingerprint density at radius 2 is 2.13 bits per heavy atom. The van der Waals surface area contributed by atoms with Crippen LogP contribution in [0.5, 0.6) is 5.75 Å². The molecule has 0 aliphatic heterocycles. The number of sulfone groups is 1. The van der Waals surface area contributed by atoms with Gasteiger partial charge in [-0.1, -0.05) is 6.07 Å². The minimum absolute atomic E-state index is 0.0164. The molecule has 1 aromatic carbocycles. The zero-order valence-corrected chi connectivity index (χ0v) is 17.9. The Bertz CT molecular complexity index is 1280. The van der Waals surface area contributed by atoms with Crippen LogP contribution < -0.4 is 10.1 Å². The molecule has 2 aromatic heterocycles. The zero-order chi connectivity index (χ0) is 21.9. The van der Waals surface area contributed by atoms with Crippen LogP contribution in [-0.2, 0) is 14.6 Å². The third kappa shape index (κ3) is 4.56. The van der Waals surface area contributed by atoms with Gasteiger partial charge in [0.05, 0.1) is 12.8 Å². The summed E-state index contributed by atoms with van der Waals surface area (Å²) in [6.45, 7) is 1.95. The first-order valence-corrected chi connectivity index (χ1v) is 11.2. The minimum atomic E-state index is -3.59. The van der Waals surface area contributed by atoms with Gasteiger partial charge in [0, 0.05) is 29.7 Å². The highest BCUT2D eigenvalue weighted by Gasteiger charge is 2.18. The second-order valence-electron chi connectivity index (χ2n) is 6.26. The first-order chi connectivity index (χ1) is 14.2. The lowest BCUT2D eigenvalue weighted by molar-refractivity contribution is -0.112. The smallest absolute Gasteiger partial charge is 0.268 e. The van der Waals surface area contributed by atoms with Gasteiger partial charge in [0.15, 0.2) is 0 Å². The lowest BCUT2D eigenvalue weighted by Gasteiger charge is -2.13. The molecule has 0 fully saturated rings. The minimum Gasteiger partial charge on any atom is -0.495 e. The van der Waals surface area contributed by atoms with Crippen LogP contribution in [-0.4, -0.2) is 41.6 Å². The Labute approximate surface area is 177 Å². The van der Waals surface area contributed by atoms with Crippen molar-refractivity contribution < 1.29 is 17.9 Å². The molecule has 0 spiro atoms. The standard InChI is InChI=1S/C19H17N5O4S2/c1-12-6-7-16(28-2)15(9-12)24-8-4-5-14(24)10-13(11-20)17(25)21-18-22-19(23-29-18)30(3,26)27/h4-10H,1-3H3,(H,21,22,23,25)/b13-10-. The largest absolute Gasteiger partial charge is 0.495 e. The van der Waals surface area contributed by atoms with E-state index in [0.29, 0.717) is 23.0 Å². The molecular weight excluding hydrogens is 426 g/mol. The molecule has 0 aliphatic rings. The summed E-state index contributed by atoms with van der Waals surface area (Å²) in [5.41, 5.74) is 2.18. The van der Waals surface area contributed by atoms with Gasteiger partial charge in [-0.25, -0.2) is 8.42 Å². The van der Waals surface area contributed by atoms with Crippen LogP contribution in [0.2, 0.25) is 0 Å². The van der Waals surface area contributed by atoms with Crippen molar-refractivity contribution in [3.63, 3.8) is 0 Å². The molecular formula is C19H17N5O4S2. The summed E-state index contributed by atoms with van der Waals surface area (Å²) < 4.78 is 33.9. The SMILES string of the molecule is COc1ccc(C)cc1-n1cccc1/C=C(/C#N)C(=O)Nc1nc(S(C)(=O)=O)ns1. The number of nitriles is 1. The molecule has 154 valence electrons. The van der Waals surface area contributed by atoms with E-state index in [-0.39, 0.29) is 15.9 Å². The lowest BCUT2D eigenvalue weighted by Crippen LogP contribution is -2.14. The van der Waals surface area contributed by atoms with Gasteiger partial charge in [-0.2, -0.15) is 14.6 Å². The highest BCUT2D eigenvalue weighted by Crippen LogP contribution is 2.26. The molecule has 0 saturated carbocycles. The van der Waals surface area contributed by atoms with Crippen molar-refractivity contribution in [2.24, 2.45) is 0 Å². The number of nitrogens with one attached hydrogen (secondary N) is 1. The average molecular weight is 444 g/mol. The molecule has 0 aliphatic carbocycles. The van der Waals surface area contributed by atoms with Gasteiger partial charge >= 0.3 is 0 Å². The average Bonchev–Trinajstić information content (AvgIpc) is 3.35. The van der Waals surface area contributed by atoms with E-state index >= 15 is 0 Å². The van der Waals surface area contributed by atoms with E-state index < -0.39 is 15.7 Å². The molecule has 0 atom stereocenters. The normalized spacial score (nSPS) is 11.7. The molecule has 9 nitrogen and oxygen atoms in total. The summed E-state index contributed by atoms with van der Waals surface area (Å²) in [6.07, 6.45) is 4.18. The molecule has 30 heavy (non-hydrogen) atoms. The molecule has 11 heteroatoms. The van der Waals surface area contributed by atoms with Crippen LogP contribution in [0.3, 0.4) is 0 Å². The third-order valence-electron chi connectivity index (χ3n) is 3.99. The van der Waals surface area contributed by atoms with Crippen LogP contribution in [0.25, 0.3) is 11.8 Å². The molecule has 1 amide bonds. The van der Waals surface area contributed by atoms with Crippen molar-refractivity contribution in [2.45, 2.75) is 12.1 Å². The Morgan fingerprint density at radius 1 is 1.37 bits per heavy atom. The highest BCUT2D eigenvalue weighted by atomic mass is 32.2. The zero-order valence-electron chi connectivity index (χ0n) is 16.3. The Morgan fingerprint density at radius 3 is 2.77 bits per heavy atom. The fraction of sp³-hybridized carbons (Fsp3) is 0.158. The topological polar surface area (TPSA) is 127 Å². The molecule has 2 heterocycles.